The van der Waals surface area contributed by atoms with E-state index in [0.29, 0.717) is 21.2 Å². The molecule has 0 aliphatic heterocycles. The number of nitrogens with two attached hydrogens (primary N) is 1. The minimum absolute atomic E-state index is 0.144. The van der Waals surface area contributed by atoms with Gasteiger partial charge in [0.2, 0.25) is 0 Å². The second-order valence-corrected chi connectivity index (χ2v) is 5.59. The first-order valence-electron chi connectivity index (χ1n) is 5.25. The van der Waals surface area contributed by atoms with Gasteiger partial charge in [0, 0.05) is 10.7 Å². The van der Waals surface area contributed by atoms with E-state index in [2.05, 4.69) is 0 Å². The highest BCUT2D eigenvalue weighted by molar-refractivity contribution is 7.84. The highest BCUT2D eigenvalue weighted by atomic mass is 35.5. The maximum absolute atomic E-state index is 13.1. The van der Waals surface area contributed by atoms with Gasteiger partial charge in [-0.05, 0) is 35.9 Å². The lowest BCUT2D eigenvalue weighted by atomic mass is 10.2. The Kier molecular flexibility index (Phi) is 3.99. The summed E-state index contributed by atoms with van der Waals surface area (Å²) in [6.45, 7) is 0. The van der Waals surface area contributed by atoms with Crippen LogP contribution in [0.5, 0.6) is 0 Å². The molecule has 0 saturated carbocycles. The molecule has 5 heteroatoms. The lowest BCUT2D eigenvalue weighted by Crippen LogP contribution is -2.01. The van der Waals surface area contributed by atoms with Crippen molar-refractivity contribution in [1.82, 2.24) is 0 Å². The van der Waals surface area contributed by atoms with Crippen molar-refractivity contribution in [3.8, 4) is 0 Å². The molecular weight excluding hydrogens is 273 g/mol. The first-order chi connectivity index (χ1) is 8.58. The summed E-state index contributed by atoms with van der Waals surface area (Å²) in [6.07, 6.45) is 0. The number of hydrogen-bond donors (Lipinski definition) is 1. The van der Waals surface area contributed by atoms with Crippen molar-refractivity contribution in [2.45, 2.75) is 10.6 Å². The quantitative estimate of drug-likeness (QED) is 0.878. The van der Waals surface area contributed by atoms with E-state index in [4.69, 9.17) is 17.3 Å². The van der Waals surface area contributed by atoms with Crippen molar-refractivity contribution >= 4 is 28.1 Å². The molecule has 2 N–H and O–H groups in total. The molecule has 0 amide bonds. The summed E-state index contributed by atoms with van der Waals surface area (Å²) in [6, 6.07) is 10.9. The van der Waals surface area contributed by atoms with Crippen molar-refractivity contribution in [2.75, 3.05) is 5.73 Å². The van der Waals surface area contributed by atoms with E-state index in [9.17, 15) is 8.60 Å². The highest BCUT2D eigenvalue weighted by Crippen LogP contribution is 2.23. The van der Waals surface area contributed by atoms with Crippen LogP contribution in [0.2, 0.25) is 5.02 Å². The third-order valence-corrected chi connectivity index (χ3v) is 4.26. The standard InChI is InChI=1S/C13H11ClFNOS/c14-11-6-5-10(15)7-9(11)8-18(17)13-4-2-1-3-12(13)16/h1-7H,8,16H2. The minimum atomic E-state index is -1.34. The zero-order chi connectivity index (χ0) is 13.1. The molecule has 0 fully saturated rings. The van der Waals surface area contributed by atoms with Crippen LogP contribution < -0.4 is 5.73 Å². The molecule has 0 radical (unpaired) electrons. The number of halogens is 2. The fourth-order valence-corrected chi connectivity index (χ4v) is 3.06. The van der Waals surface area contributed by atoms with Crippen molar-refractivity contribution in [3.05, 3.63) is 58.9 Å². The summed E-state index contributed by atoms with van der Waals surface area (Å²) in [7, 11) is -1.34. The largest absolute Gasteiger partial charge is 0.398 e. The Balaban J connectivity index is 2.27. The van der Waals surface area contributed by atoms with E-state index in [1.807, 2.05) is 0 Å². The van der Waals surface area contributed by atoms with Crippen LogP contribution in [-0.2, 0) is 16.6 Å². The first-order valence-corrected chi connectivity index (χ1v) is 6.94. The predicted octanol–water partition coefficient (Wildman–Crippen LogP) is 3.37. The van der Waals surface area contributed by atoms with Gasteiger partial charge < -0.3 is 5.73 Å². The average Bonchev–Trinajstić information content (AvgIpc) is 2.34. The molecule has 1 atom stereocenters. The van der Waals surface area contributed by atoms with Gasteiger partial charge in [-0.3, -0.25) is 4.21 Å². The molecule has 0 spiro atoms. The number of rotatable bonds is 3. The van der Waals surface area contributed by atoms with E-state index < -0.39 is 16.6 Å². The summed E-state index contributed by atoms with van der Waals surface area (Å²) >= 11 is 5.94. The number of nitrogen functional groups attached to an aromatic ring is 1. The molecule has 0 saturated heterocycles. The molecule has 0 aliphatic carbocycles. The van der Waals surface area contributed by atoms with Crippen LogP contribution in [0.3, 0.4) is 0 Å². The van der Waals surface area contributed by atoms with E-state index in [1.165, 1.54) is 18.2 Å². The Morgan fingerprint density at radius 3 is 2.67 bits per heavy atom. The maximum Gasteiger partial charge on any atom is 0.123 e. The van der Waals surface area contributed by atoms with E-state index in [0.717, 1.165) is 0 Å². The van der Waals surface area contributed by atoms with Gasteiger partial charge in [-0.25, -0.2) is 4.39 Å². The molecule has 1 unspecified atom stereocenters. The molecule has 2 nitrogen and oxygen atoms in total. The van der Waals surface area contributed by atoms with Gasteiger partial charge in [-0.2, -0.15) is 0 Å². The summed E-state index contributed by atoms with van der Waals surface area (Å²) in [5.41, 5.74) is 6.72. The van der Waals surface area contributed by atoms with Crippen LogP contribution in [0.4, 0.5) is 10.1 Å². The number of benzene rings is 2. The molecule has 0 heterocycles. The van der Waals surface area contributed by atoms with Gasteiger partial charge in [0.05, 0.1) is 21.4 Å². The van der Waals surface area contributed by atoms with Crippen LogP contribution >= 0.6 is 11.6 Å². The summed E-state index contributed by atoms with van der Waals surface area (Å²) in [4.78, 5) is 0.540. The zero-order valence-corrected chi connectivity index (χ0v) is 11.0. The van der Waals surface area contributed by atoms with Gasteiger partial charge >= 0.3 is 0 Å². The Labute approximate surface area is 112 Å². The molecule has 0 aliphatic rings. The van der Waals surface area contributed by atoms with Crippen LogP contribution in [0, 0.1) is 5.82 Å². The van der Waals surface area contributed by atoms with Crippen LogP contribution in [-0.4, -0.2) is 4.21 Å². The Morgan fingerprint density at radius 1 is 1.22 bits per heavy atom. The van der Waals surface area contributed by atoms with E-state index in [1.54, 1.807) is 24.3 Å². The second-order valence-electron chi connectivity index (χ2n) is 3.76. The van der Waals surface area contributed by atoms with Crippen LogP contribution in [0.1, 0.15) is 5.56 Å². The first kappa shape index (κ1) is 13.1. The smallest absolute Gasteiger partial charge is 0.123 e. The Bertz CT molecular complexity index is 603. The summed E-state index contributed by atoms with van der Waals surface area (Å²) in [5, 5.41) is 0.402. The molecule has 2 rings (SSSR count). The van der Waals surface area contributed by atoms with Gasteiger partial charge in [-0.1, -0.05) is 23.7 Å². The Hall–Kier alpha value is -1.39. The van der Waals surface area contributed by atoms with Crippen molar-refractivity contribution in [3.63, 3.8) is 0 Å². The zero-order valence-electron chi connectivity index (χ0n) is 9.40. The summed E-state index contributed by atoms with van der Waals surface area (Å²) < 4.78 is 25.2. The van der Waals surface area contributed by atoms with Crippen molar-refractivity contribution < 1.29 is 8.60 Å². The van der Waals surface area contributed by atoms with E-state index in [-0.39, 0.29) is 5.75 Å². The highest BCUT2D eigenvalue weighted by Gasteiger charge is 2.11. The molecule has 2 aromatic carbocycles. The molecule has 2 aromatic rings. The molecule has 94 valence electrons. The van der Waals surface area contributed by atoms with E-state index >= 15 is 0 Å². The normalized spacial score (nSPS) is 12.3. The monoisotopic (exact) mass is 283 g/mol. The SMILES string of the molecule is Nc1ccccc1S(=O)Cc1cc(F)ccc1Cl. The van der Waals surface area contributed by atoms with Crippen molar-refractivity contribution in [1.29, 1.82) is 0 Å². The lowest BCUT2D eigenvalue weighted by Gasteiger charge is -2.07. The third kappa shape index (κ3) is 2.89. The van der Waals surface area contributed by atoms with Gasteiger partial charge in [0.1, 0.15) is 5.82 Å². The topological polar surface area (TPSA) is 43.1 Å². The molecular formula is C13H11ClFNOS. The molecule has 18 heavy (non-hydrogen) atoms. The summed E-state index contributed by atoms with van der Waals surface area (Å²) in [5.74, 6) is -0.252. The average molecular weight is 284 g/mol. The van der Waals surface area contributed by atoms with Gasteiger partial charge in [0.25, 0.3) is 0 Å². The minimum Gasteiger partial charge on any atom is -0.398 e. The third-order valence-electron chi connectivity index (χ3n) is 2.46. The Morgan fingerprint density at radius 2 is 1.94 bits per heavy atom. The molecule has 0 aromatic heterocycles. The molecule has 0 bridgehead atoms. The number of anilines is 1. The van der Waals surface area contributed by atoms with Gasteiger partial charge in [0.15, 0.2) is 0 Å². The second kappa shape index (κ2) is 5.50. The lowest BCUT2D eigenvalue weighted by molar-refractivity contribution is 0.626. The fraction of sp³-hybridized carbons (Fsp3) is 0.0769. The number of para-hydroxylation sites is 1. The number of hydrogen-bond acceptors (Lipinski definition) is 2. The van der Waals surface area contributed by atoms with Gasteiger partial charge in [-0.15, -0.1) is 0 Å². The fourth-order valence-electron chi connectivity index (χ4n) is 1.56. The maximum atomic E-state index is 13.1. The van der Waals surface area contributed by atoms with Crippen molar-refractivity contribution in [2.24, 2.45) is 0 Å². The van der Waals surface area contributed by atoms with Crippen LogP contribution in [0.25, 0.3) is 0 Å². The predicted molar refractivity (Wildman–Crippen MR) is 72.4 cm³/mol. The van der Waals surface area contributed by atoms with Crippen LogP contribution in [0.15, 0.2) is 47.4 Å².